The molecule has 2 fully saturated rings. The summed E-state index contributed by atoms with van der Waals surface area (Å²) in [6.45, 7) is 2.20. The highest BCUT2D eigenvalue weighted by Crippen LogP contribution is 2.42. The number of halogens is 1. The molecule has 0 radical (unpaired) electrons. The van der Waals surface area contributed by atoms with Crippen LogP contribution in [0, 0.1) is 5.41 Å². The van der Waals surface area contributed by atoms with Crippen molar-refractivity contribution in [2.24, 2.45) is 5.41 Å². The van der Waals surface area contributed by atoms with Crippen LogP contribution in [0.1, 0.15) is 19.3 Å². The lowest BCUT2D eigenvalue weighted by molar-refractivity contribution is -0.131. The van der Waals surface area contributed by atoms with Gasteiger partial charge in [-0.1, -0.05) is 0 Å². The summed E-state index contributed by atoms with van der Waals surface area (Å²) in [6.07, 6.45) is 2.92. The molecule has 1 saturated carbocycles. The maximum Gasteiger partial charge on any atom is 0.134 e. The molecule has 3 heteroatoms. The van der Waals surface area contributed by atoms with E-state index in [9.17, 15) is 4.79 Å². The van der Waals surface area contributed by atoms with Gasteiger partial charge < -0.3 is 5.32 Å². The number of rotatable bonds is 0. The van der Waals surface area contributed by atoms with E-state index < -0.39 is 0 Å². The van der Waals surface area contributed by atoms with Gasteiger partial charge in [0, 0.05) is 19.4 Å². The summed E-state index contributed by atoms with van der Waals surface area (Å²) >= 11 is 0. The Hall–Kier alpha value is -0.0800. The van der Waals surface area contributed by atoms with E-state index in [0.717, 1.165) is 25.9 Å². The van der Waals surface area contributed by atoms with Gasteiger partial charge in [-0.25, -0.2) is 0 Å². The van der Waals surface area contributed by atoms with E-state index in [0.29, 0.717) is 11.2 Å². The first kappa shape index (κ1) is 8.02. The van der Waals surface area contributed by atoms with Crippen LogP contribution >= 0.6 is 12.4 Å². The lowest BCUT2D eigenvalue weighted by Crippen LogP contribution is -2.39. The zero-order chi connectivity index (χ0) is 6.32. The quantitative estimate of drug-likeness (QED) is 0.568. The summed E-state index contributed by atoms with van der Waals surface area (Å²) in [5, 5.41) is 3.28. The molecule has 0 aromatic rings. The van der Waals surface area contributed by atoms with Crippen LogP contribution in [0.25, 0.3) is 0 Å². The first-order chi connectivity index (χ1) is 4.31. The van der Waals surface area contributed by atoms with Gasteiger partial charge in [-0.15, -0.1) is 12.4 Å². The topological polar surface area (TPSA) is 29.1 Å². The Labute approximate surface area is 66.8 Å². The third kappa shape index (κ3) is 1.06. The summed E-state index contributed by atoms with van der Waals surface area (Å²) in [7, 11) is 0. The third-order valence-electron chi connectivity index (χ3n) is 2.48. The maximum absolute atomic E-state index is 10.6. The minimum Gasteiger partial charge on any atom is -0.316 e. The standard InChI is InChI=1S/C7H11NO.ClH/c9-6-3-7(4-6)1-2-8-5-7;/h8H,1-5H2;1H. The van der Waals surface area contributed by atoms with Gasteiger partial charge in [-0.05, 0) is 18.4 Å². The molecule has 2 nitrogen and oxygen atoms in total. The minimum atomic E-state index is 0. The van der Waals surface area contributed by atoms with Crippen molar-refractivity contribution >= 4 is 18.2 Å². The van der Waals surface area contributed by atoms with Gasteiger partial charge in [0.15, 0.2) is 0 Å². The summed E-state index contributed by atoms with van der Waals surface area (Å²) in [5.41, 5.74) is 0.428. The molecule has 0 unspecified atom stereocenters. The van der Waals surface area contributed by atoms with Crippen molar-refractivity contribution in [3.8, 4) is 0 Å². The number of carbonyl (C=O) groups excluding carboxylic acids is 1. The Bertz CT molecular complexity index is 142. The smallest absolute Gasteiger partial charge is 0.134 e. The van der Waals surface area contributed by atoms with E-state index in [-0.39, 0.29) is 12.4 Å². The van der Waals surface area contributed by atoms with E-state index in [1.165, 1.54) is 6.42 Å². The molecular formula is C7H12ClNO. The average molecular weight is 162 g/mol. The van der Waals surface area contributed by atoms with Gasteiger partial charge in [0.05, 0.1) is 0 Å². The van der Waals surface area contributed by atoms with E-state index in [2.05, 4.69) is 5.32 Å². The minimum absolute atomic E-state index is 0. The Morgan fingerprint density at radius 1 is 1.40 bits per heavy atom. The molecule has 1 spiro atoms. The molecule has 0 atom stereocenters. The van der Waals surface area contributed by atoms with E-state index in [4.69, 9.17) is 0 Å². The summed E-state index contributed by atoms with van der Waals surface area (Å²) in [5.74, 6) is 0.457. The predicted octanol–water partition coefficient (Wildman–Crippen LogP) is 0.751. The van der Waals surface area contributed by atoms with Crippen LogP contribution in [-0.2, 0) is 4.79 Å². The van der Waals surface area contributed by atoms with Crippen LogP contribution in [0.3, 0.4) is 0 Å². The normalized spacial score (nSPS) is 27.8. The lowest BCUT2D eigenvalue weighted by Gasteiger charge is -2.35. The van der Waals surface area contributed by atoms with Gasteiger partial charge in [0.1, 0.15) is 5.78 Å². The third-order valence-corrected chi connectivity index (χ3v) is 2.48. The number of nitrogens with one attached hydrogen (secondary N) is 1. The highest BCUT2D eigenvalue weighted by Gasteiger charge is 2.44. The molecule has 2 aliphatic rings. The van der Waals surface area contributed by atoms with Gasteiger partial charge in [0.25, 0.3) is 0 Å². The summed E-state index contributed by atoms with van der Waals surface area (Å²) in [4.78, 5) is 10.6. The van der Waals surface area contributed by atoms with Gasteiger partial charge in [0.2, 0.25) is 0 Å². The number of Topliss-reactive ketones (excluding diaryl/α,β-unsaturated/α-hetero) is 1. The highest BCUT2D eigenvalue weighted by atomic mass is 35.5. The van der Waals surface area contributed by atoms with E-state index in [1.807, 2.05) is 0 Å². The van der Waals surface area contributed by atoms with Crippen LogP contribution in [0.4, 0.5) is 0 Å². The fourth-order valence-corrected chi connectivity index (χ4v) is 1.88. The first-order valence-corrected chi connectivity index (χ1v) is 3.53. The molecule has 0 aromatic heterocycles. The molecule has 2 rings (SSSR count). The van der Waals surface area contributed by atoms with Crippen molar-refractivity contribution in [2.45, 2.75) is 19.3 Å². The fraction of sp³-hybridized carbons (Fsp3) is 0.857. The Balaban J connectivity index is 0.000000500. The van der Waals surface area contributed by atoms with E-state index >= 15 is 0 Å². The maximum atomic E-state index is 10.6. The Kier molecular flexibility index (Phi) is 2.02. The van der Waals surface area contributed by atoms with Crippen LogP contribution < -0.4 is 5.32 Å². The lowest BCUT2D eigenvalue weighted by atomic mass is 9.67. The van der Waals surface area contributed by atoms with Crippen molar-refractivity contribution in [3.05, 3.63) is 0 Å². The van der Waals surface area contributed by atoms with E-state index in [1.54, 1.807) is 0 Å². The summed E-state index contributed by atoms with van der Waals surface area (Å²) < 4.78 is 0. The molecule has 1 saturated heterocycles. The zero-order valence-electron chi connectivity index (χ0n) is 5.85. The van der Waals surface area contributed by atoms with Crippen molar-refractivity contribution in [2.75, 3.05) is 13.1 Å². The van der Waals surface area contributed by atoms with Crippen molar-refractivity contribution < 1.29 is 4.79 Å². The molecule has 0 aromatic carbocycles. The van der Waals surface area contributed by atoms with Crippen LogP contribution in [0.15, 0.2) is 0 Å². The monoisotopic (exact) mass is 161 g/mol. The largest absolute Gasteiger partial charge is 0.316 e. The highest BCUT2D eigenvalue weighted by molar-refractivity contribution is 5.86. The summed E-state index contributed by atoms with van der Waals surface area (Å²) in [6, 6.07) is 0. The number of hydrogen-bond donors (Lipinski definition) is 1. The zero-order valence-corrected chi connectivity index (χ0v) is 6.67. The second-order valence-electron chi connectivity index (χ2n) is 3.32. The SMILES string of the molecule is Cl.O=C1CC2(CCNC2)C1. The van der Waals surface area contributed by atoms with Gasteiger partial charge in [-0.3, -0.25) is 4.79 Å². The number of ketones is 1. The molecule has 1 heterocycles. The molecule has 0 amide bonds. The Morgan fingerprint density at radius 3 is 2.50 bits per heavy atom. The van der Waals surface area contributed by atoms with Gasteiger partial charge >= 0.3 is 0 Å². The fourth-order valence-electron chi connectivity index (χ4n) is 1.88. The molecular weight excluding hydrogens is 150 g/mol. The molecule has 1 aliphatic carbocycles. The average Bonchev–Trinajstić information content (AvgIpc) is 2.12. The van der Waals surface area contributed by atoms with Gasteiger partial charge in [-0.2, -0.15) is 0 Å². The molecule has 0 bridgehead atoms. The number of carbonyl (C=O) groups is 1. The molecule has 58 valence electrons. The van der Waals surface area contributed by atoms with Crippen LogP contribution in [0.2, 0.25) is 0 Å². The second kappa shape index (κ2) is 2.51. The molecule has 10 heavy (non-hydrogen) atoms. The molecule has 1 N–H and O–H groups in total. The molecule has 1 aliphatic heterocycles. The van der Waals surface area contributed by atoms with Crippen molar-refractivity contribution in [3.63, 3.8) is 0 Å². The Morgan fingerprint density at radius 2 is 2.10 bits per heavy atom. The van der Waals surface area contributed by atoms with Crippen LogP contribution in [-0.4, -0.2) is 18.9 Å². The predicted molar refractivity (Wildman–Crippen MR) is 41.4 cm³/mol. The number of hydrogen-bond acceptors (Lipinski definition) is 2. The second-order valence-corrected chi connectivity index (χ2v) is 3.32. The van der Waals surface area contributed by atoms with Crippen molar-refractivity contribution in [1.82, 2.24) is 5.32 Å². The van der Waals surface area contributed by atoms with Crippen molar-refractivity contribution in [1.29, 1.82) is 0 Å². The first-order valence-electron chi connectivity index (χ1n) is 3.53. The van der Waals surface area contributed by atoms with Crippen LogP contribution in [0.5, 0.6) is 0 Å².